The molecule has 0 fully saturated rings. The van der Waals surface area contributed by atoms with E-state index in [4.69, 9.17) is 0 Å². The number of amides is 1. The SMILES string of the molecule is C/C=C/CC/C=C/CC/C=C/C(O)C(CS(=O)(=O)O)NC(=O)CC/C=C\C/C=C\C/C=C\C/C=C\CC. The van der Waals surface area contributed by atoms with E-state index in [9.17, 15) is 22.9 Å². The molecule has 0 aliphatic heterocycles. The number of carbonyl (C=O) groups excluding carboxylic acids is 1. The van der Waals surface area contributed by atoms with Crippen LogP contribution in [-0.2, 0) is 14.9 Å². The molecule has 7 heteroatoms. The molecular formula is C30H47NO5S. The quantitative estimate of drug-likeness (QED) is 0.0881. The zero-order valence-corrected chi connectivity index (χ0v) is 23.4. The van der Waals surface area contributed by atoms with E-state index in [2.05, 4.69) is 66.9 Å². The van der Waals surface area contributed by atoms with Crippen molar-refractivity contribution >= 4 is 16.0 Å². The van der Waals surface area contributed by atoms with E-state index in [0.29, 0.717) is 12.8 Å². The van der Waals surface area contributed by atoms with Crippen molar-refractivity contribution in [3.8, 4) is 0 Å². The minimum absolute atomic E-state index is 0.157. The molecule has 6 nitrogen and oxygen atoms in total. The van der Waals surface area contributed by atoms with Crippen LogP contribution in [0.25, 0.3) is 0 Å². The number of nitrogens with one attached hydrogen (secondary N) is 1. The molecule has 37 heavy (non-hydrogen) atoms. The van der Waals surface area contributed by atoms with Crippen molar-refractivity contribution in [2.45, 2.75) is 90.2 Å². The average Bonchev–Trinajstić information content (AvgIpc) is 2.84. The fourth-order valence-corrected chi connectivity index (χ4v) is 3.93. The van der Waals surface area contributed by atoms with E-state index in [1.165, 1.54) is 6.08 Å². The van der Waals surface area contributed by atoms with E-state index >= 15 is 0 Å². The third-order valence-corrected chi connectivity index (χ3v) is 5.92. The minimum atomic E-state index is -4.37. The molecule has 2 atom stereocenters. The number of aliphatic hydroxyl groups excluding tert-OH is 1. The lowest BCUT2D eigenvalue weighted by atomic mass is 10.1. The number of carbonyl (C=O) groups is 1. The molecule has 0 aromatic carbocycles. The van der Waals surface area contributed by atoms with Crippen LogP contribution < -0.4 is 5.32 Å². The molecule has 208 valence electrons. The van der Waals surface area contributed by atoms with Gasteiger partial charge in [0, 0.05) is 6.42 Å². The van der Waals surface area contributed by atoms with Crippen LogP contribution in [0.1, 0.15) is 78.1 Å². The molecule has 0 bridgehead atoms. The van der Waals surface area contributed by atoms with Gasteiger partial charge in [-0.1, -0.05) is 92.0 Å². The molecule has 0 radical (unpaired) electrons. The molecule has 3 N–H and O–H groups in total. The summed E-state index contributed by atoms with van der Waals surface area (Å²) in [7, 11) is -4.37. The lowest BCUT2D eigenvalue weighted by Crippen LogP contribution is -2.46. The van der Waals surface area contributed by atoms with Crippen molar-refractivity contribution in [3.05, 3.63) is 85.1 Å². The summed E-state index contributed by atoms with van der Waals surface area (Å²) in [6.07, 6.45) is 34.6. The fourth-order valence-electron chi connectivity index (χ4n) is 3.20. The Balaban J connectivity index is 4.40. The lowest BCUT2D eigenvalue weighted by Gasteiger charge is -2.20. The van der Waals surface area contributed by atoms with Gasteiger partial charge in [-0.3, -0.25) is 9.35 Å². The van der Waals surface area contributed by atoms with Gasteiger partial charge < -0.3 is 10.4 Å². The summed E-state index contributed by atoms with van der Waals surface area (Å²) < 4.78 is 32.0. The fraction of sp³-hybridized carbons (Fsp3) is 0.500. The first-order valence-electron chi connectivity index (χ1n) is 13.3. The van der Waals surface area contributed by atoms with E-state index in [0.717, 1.165) is 44.9 Å². The highest BCUT2D eigenvalue weighted by molar-refractivity contribution is 7.85. The molecule has 0 heterocycles. The smallest absolute Gasteiger partial charge is 0.267 e. The first kappa shape index (κ1) is 34.5. The summed E-state index contributed by atoms with van der Waals surface area (Å²) in [5.41, 5.74) is 0. The van der Waals surface area contributed by atoms with Crippen LogP contribution in [0.5, 0.6) is 0 Å². The van der Waals surface area contributed by atoms with E-state index in [1.54, 1.807) is 6.08 Å². The second-order valence-electron chi connectivity index (χ2n) is 8.58. The van der Waals surface area contributed by atoms with Crippen LogP contribution in [0.3, 0.4) is 0 Å². The Morgan fingerprint density at radius 2 is 1.24 bits per heavy atom. The molecule has 0 aromatic rings. The molecule has 1 amide bonds. The predicted octanol–water partition coefficient (Wildman–Crippen LogP) is 6.55. The molecule has 0 saturated carbocycles. The summed E-state index contributed by atoms with van der Waals surface area (Å²) in [5, 5.41) is 12.9. The van der Waals surface area contributed by atoms with Crippen molar-refractivity contribution in [1.82, 2.24) is 5.32 Å². The summed E-state index contributed by atoms with van der Waals surface area (Å²) >= 11 is 0. The molecular weight excluding hydrogens is 486 g/mol. The number of rotatable bonds is 21. The van der Waals surface area contributed by atoms with Gasteiger partial charge in [-0.25, -0.2) is 0 Å². The normalized spacial score (nSPS) is 15.0. The van der Waals surface area contributed by atoms with Crippen LogP contribution >= 0.6 is 0 Å². The first-order valence-corrected chi connectivity index (χ1v) is 14.9. The van der Waals surface area contributed by atoms with Crippen LogP contribution in [0, 0.1) is 0 Å². The Morgan fingerprint density at radius 3 is 1.78 bits per heavy atom. The summed E-state index contributed by atoms with van der Waals surface area (Å²) in [6, 6.07) is -1.12. The molecule has 0 aliphatic rings. The maximum atomic E-state index is 12.3. The van der Waals surface area contributed by atoms with Gasteiger partial charge >= 0.3 is 0 Å². The minimum Gasteiger partial charge on any atom is -0.387 e. The van der Waals surface area contributed by atoms with Gasteiger partial charge in [0.25, 0.3) is 10.1 Å². The maximum absolute atomic E-state index is 12.3. The largest absolute Gasteiger partial charge is 0.387 e. The topological polar surface area (TPSA) is 104 Å². The third-order valence-electron chi connectivity index (χ3n) is 5.14. The highest BCUT2D eigenvalue weighted by atomic mass is 32.2. The maximum Gasteiger partial charge on any atom is 0.267 e. The summed E-state index contributed by atoms with van der Waals surface area (Å²) in [6.45, 7) is 4.10. The van der Waals surface area contributed by atoms with Crippen LogP contribution in [0.15, 0.2) is 85.1 Å². The molecule has 2 unspecified atom stereocenters. The van der Waals surface area contributed by atoms with Gasteiger partial charge in [-0.05, 0) is 64.7 Å². The van der Waals surface area contributed by atoms with Gasteiger partial charge in [-0.2, -0.15) is 8.42 Å². The van der Waals surface area contributed by atoms with Crippen LogP contribution in [0.2, 0.25) is 0 Å². The van der Waals surface area contributed by atoms with Crippen molar-refractivity contribution in [2.75, 3.05) is 5.75 Å². The van der Waals surface area contributed by atoms with Gasteiger partial charge in [0.05, 0.1) is 17.9 Å². The van der Waals surface area contributed by atoms with Crippen molar-refractivity contribution in [2.24, 2.45) is 0 Å². The van der Waals surface area contributed by atoms with E-state index in [-0.39, 0.29) is 12.3 Å². The highest BCUT2D eigenvalue weighted by Crippen LogP contribution is 2.05. The predicted molar refractivity (Wildman–Crippen MR) is 156 cm³/mol. The van der Waals surface area contributed by atoms with Gasteiger partial charge in [-0.15, -0.1) is 0 Å². The summed E-state index contributed by atoms with van der Waals surface area (Å²) in [4.78, 5) is 12.3. The highest BCUT2D eigenvalue weighted by Gasteiger charge is 2.24. The molecule has 0 spiro atoms. The second kappa shape index (κ2) is 23.9. The standard InChI is InChI=1S/C30H47NO5S/c1-3-5-7-9-11-13-14-15-16-18-20-22-24-26-30(33)31-28(27-37(34,35)36)29(32)25-23-21-19-17-12-10-8-6-4-2/h4-7,11-13,15-17,20,22-23,25,28-29,32H,3,8-10,14,18-19,21,24,26-27H2,1-2H3,(H,31,33)(H,34,35,36)/b6-4+,7-5-,13-11-,16-15-,17-12+,22-20-,25-23+. The second-order valence-corrected chi connectivity index (χ2v) is 10.1. The Kier molecular flexibility index (Phi) is 22.3. The number of aliphatic hydroxyl groups is 1. The Morgan fingerprint density at radius 1 is 0.757 bits per heavy atom. The van der Waals surface area contributed by atoms with Gasteiger partial charge in [0.2, 0.25) is 5.91 Å². The third kappa shape index (κ3) is 25.0. The van der Waals surface area contributed by atoms with Gasteiger partial charge in [0.1, 0.15) is 0 Å². The van der Waals surface area contributed by atoms with Crippen molar-refractivity contribution < 1.29 is 22.9 Å². The average molecular weight is 534 g/mol. The first-order chi connectivity index (χ1) is 17.8. The number of hydrogen-bond donors (Lipinski definition) is 3. The van der Waals surface area contributed by atoms with Gasteiger partial charge in [0.15, 0.2) is 0 Å². The Bertz CT molecular complexity index is 895. The Labute approximate surface area is 225 Å². The van der Waals surface area contributed by atoms with Crippen molar-refractivity contribution in [3.63, 3.8) is 0 Å². The number of hydrogen-bond acceptors (Lipinski definition) is 4. The zero-order valence-electron chi connectivity index (χ0n) is 22.5. The number of allylic oxidation sites excluding steroid dienone is 13. The number of unbranched alkanes of at least 4 members (excludes halogenated alkanes) is 2. The summed E-state index contributed by atoms with van der Waals surface area (Å²) in [5.74, 6) is -1.13. The van der Waals surface area contributed by atoms with Crippen molar-refractivity contribution in [1.29, 1.82) is 0 Å². The van der Waals surface area contributed by atoms with Crippen LogP contribution in [0.4, 0.5) is 0 Å². The van der Waals surface area contributed by atoms with E-state index < -0.39 is 28.0 Å². The molecule has 0 aromatic heterocycles. The lowest BCUT2D eigenvalue weighted by molar-refractivity contribution is -0.122. The molecule has 0 rings (SSSR count). The molecule has 0 saturated heterocycles. The van der Waals surface area contributed by atoms with Crippen LogP contribution in [-0.4, -0.2) is 41.9 Å². The Hall–Kier alpha value is -2.48. The molecule has 0 aliphatic carbocycles. The van der Waals surface area contributed by atoms with E-state index in [1.807, 2.05) is 25.2 Å². The monoisotopic (exact) mass is 533 g/mol. The zero-order chi connectivity index (χ0) is 27.6.